The fourth-order valence-corrected chi connectivity index (χ4v) is 7.63. The van der Waals surface area contributed by atoms with Crippen molar-refractivity contribution >= 4 is 65.4 Å². The summed E-state index contributed by atoms with van der Waals surface area (Å²) in [4.78, 5) is 0. The summed E-state index contributed by atoms with van der Waals surface area (Å²) in [6.07, 6.45) is 0. The summed E-state index contributed by atoms with van der Waals surface area (Å²) in [6.45, 7) is 0. The van der Waals surface area contributed by atoms with E-state index in [9.17, 15) is 0 Å². The van der Waals surface area contributed by atoms with Crippen LogP contribution in [-0.2, 0) is 0 Å². The number of aromatic nitrogens is 3. The number of nitrogens with zero attached hydrogens (tertiary/aromatic N) is 3. The molecule has 7 aromatic carbocycles. The molecule has 10 rings (SSSR count). The second kappa shape index (κ2) is 9.87. The van der Waals surface area contributed by atoms with Gasteiger partial charge in [-0.25, -0.2) is 9.35 Å². The van der Waals surface area contributed by atoms with Gasteiger partial charge in [-0.1, -0.05) is 84.9 Å². The average molecular weight is 604 g/mol. The first-order chi connectivity index (χ1) is 23.3. The molecular formula is C43H29N3O. The molecule has 0 N–H and O–H groups in total. The number of fused-ring (bicyclic) bond motifs is 9. The average Bonchev–Trinajstić information content (AvgIpc) is 3.76. The highest BCUT2D eigenvalue weighted by Crippen LogP contribution is 2.39. The Hall–Kier alpha value is -6.26. The molecule has 0 aliphatic heterocycles. The minimum absolute atomic E-state index is 0.853. The molecule has 3 aromatic heterocycles. The maximum absolute atomic E-state index is 5.43. The van der Waals surface area contributed by atoms with Gasteiger partial charge in [0.05, 0.1) is 40.2 Å². The van der Waals surface area contributed by atoms with Gasteiger partial charge in [0.1, 0.15) is 5.75 Å². The first-order valence-corrected chi connectivity index (χ1v) is 16.0. The molecule has 0 aliphatic carbocycles. The zero-order chi connectivity index (χ0) is 31.1. The van der Waals surface area contributed by atoms with Crippen molar-refractivity contribution in [2.45, 2.75) is 0 Å². The molecule has 0 fully saturated rings. The quantitative estimate of drug-likeness (QED) is 0.196. The third-order valence-corrected chi connectivity index (χ3v) is 9.74. The SMILES string of the molecule is COc1ccc(-n2c3ccccc3c3cc(-c4ccc5c(c4)c4ccccc4n5-n4c5ccccc5c5ccccc54)ccc32)cc1. The lowest BCUT2D eigenvalue weighted by molar-refractivity contribution is 0.415. The predicted molar refractivity (Wildman–Crippen MR) is 196 cm³/mol. The molecule has 0 amide bonds. The van der Waals surface area contributed by atoms with E-state index in [2.05, 4.69) is 160 Å². The number of hydrogen-bond acceptors (Lipinski definition) is 1. The first kappa shape index (κ1) is 26.0. The normalized spacial score (nSPS) is 11.9. The summed E-state index contributed by atoms with van der Waals surface area (Å²) < 4.78 is 12.6. The number of hydrogen-bond donors (Lipinski definition) is 0. The van der Waals surface area contributed by atoms with Gasteiger partial charge in [0, 0.05) is 38.0 Å². The van der Waals surface area contributed by atoms with Crippen LogP contribution in [0.1, 0.15) is 0 Å². The Balaban J connectivity index is 1.20. The van der Waals surface area contributed by atoms with E-state index >= 15 is 0 Å². The van der Waals surface area contributed by atoms with Gasteiger partial charge in [-0.05, 0) is 83.9 Å². The highest BCUT2D eigenvalue weighted by Gasteiger charge is 2.19. The summed E-state index contributed by atoms with van der Waals surface area (Å²) in [5, 5.41) is 7.47. The minimum atomic E-state index is 0.853. The molecule has 0 radical (unpaired) electrons. The lowest BCUT2D eigenvalue weighted by Gasteiger charge is -2.13. The van der Waals surface area contributed by atoms with Crippen LogP contribution in [0, 0.1) is 0 Å². The Labute approximate surface area is 270 Å². The fourth-order valence-electron chi connectivity index (χ4n) is 7.63. The molecule has 0 aliphatic rings. The molecule has 4 heteroatoms. The van der Waals surface area contributed by atoms with Gasteiger partial charge in [-0.2, -0.15) is 0 Å². The van der Waals surface area contributed by atoms with Crippen molar-refractivity contribution in [1.82, 2.24) is 13.9 Å². The second-order valence-electron chi connectivity index (χ2n) is 12.2. The van der Waals surface area contributed by atoms with E-state index in [1.807, 2.05) is 12.1 Å². The van der Waals surface area contributed by atoms with Crippen LogP contribution in [0.2, 0.25) is 0 Å². The Kier molecular flexibility index (Phi) is 5.46. The fraction of sp³-hybridized carbons (Fsp3) is 0.0233. The summed E-state index contributed by atoms with van der Waals surface area (Å²) in [7, 11) is 1.70. The molecule has 0 spiro atoms. The Morgan fingerprint density at radius 1 is 0.362 bits per heavy atom. The first-order valence-electron chi connectivity index (χ1n) is 16.0. The molecule has 0 saturated heterocycles. The van der Waals surface area contributed by atoms with E-state index in [4.69, 9.17) is 4.74 Å². The Morgan fingerprint density at radius 3 is 1.28 bits per heavy atom. The molecule has 3 heterocycles. The van der Waals surface area contributed by atoms with E-state index in [1.54, 1.807) is 7.11 Å². The molecule has 47 heavy (non-hydrogen) atoms. The smallest absolute Gasteiger partial charge is 0.119 e. The van der Waals surface area contributed by atoms with E-state index in [0.29, 0.717) is 0 Å². The minimum Gasteiger partial charge on any atom is -0.497 e. The summed E-state index contributed by atoms with van der Waals surface area (Å²) in [5.41, 5.74) is 10.6. The summed E-state index contributed by atoms with van der Waals surface area (Å²) in [6, 6.07) is 56.9. The Bertz CT molecular complexity index is 2780. The van der Waals surface area contributed by atoms with E-state index < -0.39 is 0 Å². The topological polar surface area (TPSA) is 24.0 Å². The van der Waals surface area contributed by atoms with Gasteiger partial charge in [0.15, 0.2) is 0 Å². The zero-order valence-electron chi connectivity index (χ0n) is 25.8. The molecular weight excluding hydrogens is 574 g/mol. The molecule has 4 nitrogen and oxygen atoms in total. The number of para-hydroxylation sites is 4. The molecule has 0 saturated carbocycles. The van der Waals surface area contributed by atoms with Crippen LogP contribution in [0.3, 0.4) is 0 Å². The van der Waals surface area contributed by atoms with E-state index in [0.717, 1.165) is 11.4 Å². The van der Waals surface area contributed by atoms with Crippen LogP contribution in [0.4, 0.5) is 0 Å². The summed E-state index contributed by atoms with van der Waals surface area (Å²) >= 11 is 0. The Morgan fingerprint density at radius 2 is 0.745 bits per heavy atom. The van der Waals surface area contributed by atoms with Crippen LogP contribution < -0.4 is 4.74 Å². The number of rotatable bonds is 4. The molecule has 0 atom stereocenters. The van der Waals surface area contributed by atoms with E-state index in [-0.39, 0.29) is 0 Å². The van der Waals surface area contributed by atoms with Crippen molar-refractivity contribution in [3.8, 4) is 22.6 Å². The number of benzene rings is 7. The molecule has 10 aromatic rings. The van der Waals surface area contributed by atoms with Gasteiger partial charge in [0.25, 0.3) is 0 Å². The van der Waals surface area contributed by atoms with Crippen molar-refractivity contribution in [1.29, 1.82) is 0 Å². The van der Waals surface area contributed by atoms with E-state index in [1.165, 1.54) is 76.5 Å². The van der Waals surface area contributed by atoms with Crippen LogP contribution >= 0.6 is 0 Å². The molecule has 222 valence electrons. The predicted octanol–water partition coefficient (Wildman–Crippen LogP) is 11.0. The largest absolute Gasteiger partial charge is 0.497 e. The highest BCUT2D eigenvalue weighted by molar-refractivity contribution is 6.13. The number of methoxy groups -OCH3 is 1. The maximum Gasteiger partial charge on any atom is 0.119 e. The third kappa shape index (κ3) is 3.70. The van der Waals surface area contributed by atoms with Gasteiger partial charge in [-0.15, -0.1) is 0 Å². The molecule has 0 bridgehead atoms. The van der Waals surface area contributed by atoms with Crippen LogP contribution in [0.25, 0.3) is 82.2 Å². The van der Waals surface area contributed by atoms with Crippen LogP contribution in [-0.4, -0.2) is 21.0 Å². The van der Waals surface area contributed by atoms with Crippen LogP contribution in [0.5, 0.6) is 5.75 Å². The second-order valence-corrected chi connectivity index (χ2v) is 12.2. The van der Waals surface area contributed by atoms with Crippen molar-refractivity contribution in [3.05, 3.63) is 158 Å². The van der Waals surface area contributed by atoms with Gasteiger partial charge < -0.3 is 9.30 Å². The van der Waals surface area contributed by atoms with Gasteiger partial charge >= 0.3 is 0 Å². The summed E-state index contributed by atoms with van der Waals surface area (Å²) in [5.74, 6) is 0.853. The van der Waals surface area contributed by atoms with Crippen molar-refractivity contribution < 1.29 is 4.74 Å². The monoisotopic (exact) mass is 603 g/mol. The van der Waals surface area contributed by atoms with Gasteiger partial charge in [0.2, 0.25) is 0 Å². The zero-order valence-corrected chi connectivity index (χ0v) is 25.8. The third-order valence-electron chi connectivity index (χ3n) is 9.74. The number of ether oxygens (including phenoxy) is 1. The maximum atomic E-state index is 5.43. The van der Waals surface area contributed by atoms with Gasteiger partial charge in [-0.3, -0.25) is 0 Å². The standard InChI is InChI=1S/C43H29N3O/c1-47-31-22-20-30(21-23-31)44-38-14-6-2-12-34(38)36-26-28(18-24-39(36)44)29-19-25-43-37(27-29)35-13-5-9-17-42(35)46(43)45-40-15-7-3-10-32(40)33-11-4-8-16-41(33)45/h2-27H,1H3. The van der Waals surface area contributed by atoms with Crippen molar-refractivity contribution in [3.63, 3.8) is 0 Å². The van der Waals surface area contributed by atoms with Crippen molar-refractivity contribution in [2.24, 2.45) is 0 Å². The lowest BCUT2D eigenvalue weighted by atomic mass is 10.0. The lowest BCUT2D eigenvalue weighted by Crippen LogP contribution is -2.08. The van der Waals surface area contributed by atoms with Crippen molar-refractivity contribution in [2.75, 3.05) is 7.11 Å². The highest BCUT2D eigenvalue weighted by atomic mass is 16.5. The van der Waals surface area contributed by atoms with Crippen LogP contribution in [0.15, 0.2) is 158 Å². The molecule has 0 unspecified atom stereocenters.